The van der Waals surface area contributed by atoms with Crippen molar-refractivity contribution >= 4 is 15.9 Å². The molecule has 17 heavy (non-hydrogen) atoms. The minimum atomic E-state index is -0.215. The van der Waals surface area contributed by atoms with Crippen LogP contribution in [-0.4, -0.2) is 41.1 Å². The molecular formula is C11H16BrN3O2. The van der Waals surface area contributed by atoms with Crippen molar-refractivity contribution < 1.29 is 4.74 Å². The first-order chi connectivity index (χ1) is 8.27. The van der Waals surface area contributed by atoms with Gasteiger partial charge in [-0.2, -0.15) is 0 Å². The fourth-order valence-corrected chi connectivity index (χ4v) is 2.25. The third kappa shape index (κ3) is 3.54. The van der Waals surface area contributed by atoms with Crippen LogP contribution in [0.2, 0.25) is 0 Å². The summed E-state index contributed by atoms with van der Waals surface area (Å²) < 4.78 is 5.86. The number of ether oxygens (including phenoxy) is 1. The summed E-state index contributed by atoms with van der Waals surface area (Å²) in [6.07, 6.45) is 5.22. The lowest BCUT2D eigenvalue weighted by Gasteiger charge is -2.26. The van der Waals surface area contributed by atoms with Gasteiger partial charge in [0.05, 0.1) is 6.33 Å². The first-order valence-corrected chi connectivity index (χ1v) is 6.65. The highest BCUT2D eigenvalue weighted by atomic mass is 79.9. The Bertz CT molecular complexity index is 415. The molecule has 1 fully saturated rings. The molecule has 1 N–H and O–H groups in total. The minimum absolute atomic E-state index is 0.215. The van der Waals surface area contributed by atoms with Gasteiger partial charge in [-0.3, -0.25) is 9.69 Å². The Balaban J connectivity index is 1.81. The lowest BCUT2D eigenvalue weighted by atomic mass is 10.1. The topological polar surface area (TPSA) is 58.2 Å². The fraction of sp³-hybridized carbons (Fsp3) is 0.636. The van der Waals surface area contributed by atoms with E-state index in [1.165, 1.54) is 25.6 Å². The second-order valence-corrected chi connectivity index (χ2v) is 4.89. The maximum atomic E-state index is 11.3. The van der Waals surface area contributed by atoms with Crippen molar-refractivity contribution in [1.82, 2.24) is 14.9 Å². The molecule has 0 saturated carbocycles. The van der Waals surface area contributed by atoms with Crippen molar-refractivity contribution in [2.24, 2.45) is 0 Å². The van der Waals surface area contributed by atoms with E-state index in [1.54, 1.807) is 0 Å². The van der Waals surface area contributed by atoms with Gasteiger partial charge in [-0.25, -0.2) is 4.98 Å². The van der Waals surface area contributed by atoms with Gasteiger partial charge in [0, 0.05) is 6.54 Å². The van der Waals surface area contributed by atoms with E-state index < -0.39 is 0 Å². The normalized spacial score (nSPS) is 17.0. The number of likely N-dealkylation sites (tertiary alicyclic amines) is 1. The Hall–Kier alpha value is -0.880. The molecule has 0 amide bonds. The number of halogens is 1. The molecule has 0 atom stereocenters. The molecule has 6 heteroatoms. The van der Waals surface area contributed by atoms with E-state index in [0.717, 1.165) is 19.6 Å². The Kier molecular flexibility index (Phi) is 4.56. The minimum Gasteiger partial charge on any atom is -0.475 e. The summed E-state index contributed by atoms with van der Waals surface area (Å²) in [5.41, 5.74) is -0.215. The number of aromatic amines is 1. The molecule has 0 radical (unpaired) electrons. The maximum Gasteiger partial charge on any atom is 0.268 e. The highest BCUT2D eigenvalue weighted by Gasteiger charge is 2.11. The molecule has 1 aliphatic heterocycles. The Morgan fingerprint density at radius 3 is 2.94 bits per heavy atom. The van der Waals surface area contributed by atoms with Crippen molar-refractivity contribution in [1.29, 1.82) is 0 Å². The average Bonchev–Trinajstić information content (AvgIpc) is 2.36. The summed E-state index contributed by atoms with van der Waals surface area (Å²) >= 11 is 3.16. The molecule has 1 saturated heterocycles. The first kappa shape index (κ1) is 12.6. The predicted octanol–water partition coefficient (Wildman–Crippen LogP) is 1.40. The van der Waals surface area contributed by atoms with Gasteiger partial charge < -0.3 is 9.72 Å². The summed E-state index contributed by atoms with van der Waals surface area (Å²) in [4.78, 5) is 20.1. The van der Waals surface area contributed by atoms with Crippen molar-refractivity contribution in [3.05, 3.63) is 21.2 Å². The quantitative estimate of drug-likeness (QED) is 0.913. The van der Waals surface area contributed by atoms with Crippen molar-refractivity contribution in [2.75, 3.05) is 26.2 Å². The largest absolute Gasteiger partial charge is 0.475 e. The van der Waals surface area contributed by atoms with Crippen LogP contribution in [0.4, 0.5) is 0 Å². The second kappa shape index (κ2) is 6.16. The van der Waals surface area contributed by atoms with E-state index >= 15 is 0 Å². The molecule has 0 bridgehead atoms. The van der Waals surface area contributed by atoms with Gasteiger partial charge in [-0.1, -0.05) is 6.42 Å². The van der Waals surface area contributed by atoms with Crippen LogP contribution in [0.25, 0.3) is 0 Å². The number of aromatic nitrogens is 2. The number of hydrogen-bond donors (Lipinski definition) is 1. The predicted molar refractivity (Wildman–Crippen MR) is 68.3 cm³/mol. The van der Waals surface area contributed by atoms with Gasteiger partial charge in [-0.15, -0.1) is 0 Å². The highest BCUT2D eigenvalue weighted by Crippen LogP contribution is 2.16. The average molecular weight is 302 g/mol. The van der Waals surface area contributed by atoms with Gasteiger partial charge in [0.25, 0.3) is 5.56 Å². The van der Waals surface area contributed by atoms with E-state index in [4.69, 9.17) is 4.74 Å². The lowest BCUT2D eigenvalue weighted by molar-refractivity contribution is 0.180. The maximum absolute atomic E-state index is 11.3. The van der Waals surface area contributed by atoms with E-state index in [0.29, 0.717) is 17.0 Å². The third-order valence-electron chi connectivity index (χ3n) is 2.86. The Morgan fingerprint density at radius 2 is 2.18 bits per heavy atom. The lowest BCUT2D eigenvalue weighted by Crippen LogP contribution is -2.33. The van der Waals surface area contributed by atoms with Gasteiger partial charge in [0.1, 0.15) is 11.1 Å². The molecule has 94 valence electrons. The molecule has 0 spiro atoms. The third-order valence-corrected chi connectivity index (χ3v) is 3.56. The number of H-pyrrole nitrogens is 1. The van der Waals surface area contributed by atoms with Crippen molar-refractivity contribution in [2.45, 2.75) is 19.3 Å². The first-order valence-electron chi connectivity index (χ1n) is 5.86. The van der Waals surface area contributed by atoms with E-state index in [1.807, 2.05) is 0 Å². The zero-order chi connectivity index (χ0) is 12.1. The number of nitrogens with zero attached hydrogens (tertiary/aromatic N) is 2. The zero-order valence-corrected chi connectivity index (χ0v) is 11.2. The molecule has 1 aliphatic rings. The van der Waals surface area contributed by atoms with Crippen LogP contribution in [0.5, 0.6) is 5.88 Å². The van der Waals surface area contributed by atoms with Crippen molar-refractivity contribution in [3.8, 4) is 5.88 Å². The fourth-order valence-electron chi connectivity index (χ4n) is 1.92. The molecular weight excluding hydrogens is 286 g/mol. The molecule has 5 nitrogen and oxygen atoms in total. The number of rotatable bonds is 4. The van der Waals surface area contributed by atoms with Crippen LogP contribution < -0.4 is 10.3 Å². The van der Waals surface area contributed by atoms with Gasteiger partial charge in [0.2, 0.25) is 5.88 Å². The number of nitrogens with one attached hydrogen (secondary N) is 1. The Morgan fingerprint density at radius 1 is 1.41 bits per heavy atom. The summed E-state index contributed by atoms with van der Waals surface area (Å²) in [5, 5.41) is 0. The monoisotopic (exact) mass is 301 g/mol. The van der Waals surface area contributed by atoms with E-state index in [-0.39, 0.29) is 5.56 Å². The molecule has 2 heterocycles. The molecule has 1 aromatic rings. The smallest absolute Gasteiger partial charge is 0.268 e. The SMILES string of the molecule is O=c1[nH]cnc(OCCN2CCCCC2)c1Br. The Labute approximate surface area is 108 Å². The van der Waals surface area contributed by atoms with Crippen LogP contribution in [0.3, 0.4) is 0 Å². The molecule has 0 unspecified atom stereocenters. The van der Waals surface area contributed by atoms with E-state index in [9.17, 15) is 4.79 Å². The van der Waals surface area contributed by atoms with E-state index in [2.05, 4.69) is 30.8 Å². The number of hydrogen-bond acceptors (Lipinski definition) is 4. The van der Waals surface area contributed by atoms with Gasteiger partial charge in [0.15, 0.2) is 0 Å². The number of piperidine rings is 1. The van der Waals surface area contributed by atoms with Crippen LogP contribution in [-0.2, 0) is 0 Å². The molecule has 0 aromatic carbocycles. The second-order valence-electron chi connectivity index (χ2n) is 4.10. The van der Waals surface area contributed by atoms with Gasteiger partial charge in [-0.05, 0) is 41.9 Å². The standard InChI is InChI=1S/C11H16BrN3O2/c12-9-10(16)13-8-14-11(9)17-7-6-15-4-2-1-3-5-15/h8H,1-7H2,(H,13,14,16). The molecule has 2 rings (SSSR count). The van der Waals surface area contributed by atoms with Crippen LogP contribution in [0, 0.1) is 0 Å². The van der Waals surface area contributed by atoms with Crippen molar-refractivity contribution in [3.63, 3.8) is 0 Å². The summed E-state index contributed by atoms with van der Waals surface area (Å²) in [7, 11) is 0. The van der Waals surface area contributed by atoms with Gasteiger partial charge >= 0.3 is 0 Å². The van der Waals surface area contributed by atoms with Crippen LogP contribution in [0.1, 0.15) is 19.3 Å². The summed E-state index contributed by atoms with van der Waals surface area (Å²) in [6, 6.07) is 0. The molecule has 1 aromatic heterocycles. The highest BCUT2D eigenvalue weighted by molar-refractivity contribution is 9.10. The summed E-state index contributed by atoms with van der Waals surface area (Å²) in [5.74, 6) is 0.366. The molecule has 0 aliphatic carbocycles. The van der Waals surface area contributed by atoms with Crippen LogP contribution in [0.15, 0.2) is 15.6 Å². The summed E-state index contributed by atoms with van der Waals surface area (Å²) in [6.45, 7) is 3.75. The van der Waals surface area contributed by atoms with Crippen LogP contribution >= 0.6 is 15.9 Å². The zero-order valence-electron chi connectivity index (χ0n) is 9.62.